The maximum atomic E-state index is 10.8. The van der Waals surface area contributed by atoms with Crippen LogP contribution in [-0.4, -0.2) is 18.0 Å². The number of nitrogens with zero attached hydrogens (tertiary/aromatic N) is 2. The second-order valence-electron chi connectivity index (χ2n) is 2.77. The number of hydrogen-bond donors (Lipinski definition) is 2. The Morgan fingerprint density at radius 3 is 2.62 bits per heavy atom. The zero-order valence-electron chi connectivity index (χ0n) is 8.31. The van der Waals surface area contributed by atoms with Crippen molar-refractivity contribution in [3.05, 3.63) is 26.7 Å². The van der Waals surface area contributed by atoms with E-state index in [1.807, 2.05) is 0 Å². The summed E-state index contributed by atoms with van der Waals surface area (Å²) in [5.41, 5.74) is 10.2. The number of methoxy groups -OCH3 is 1. The minimum absolute atomic E-state index is 0.0609. The lowest BCUT2D eigenvalue weighted by atomic mass is 10.2. The summed E-state index contributed by atoms with van der Waals surface area (Å²) in [7, 11) is 1.41. The number of ether oxygens (including phenoxy) is 1. The largest absolute Gasteiger partial charge is 0.496 e. The van der Waals surface area contributed by atoms with Crippen molar-refractivity contribution in [2.45, 2.75) is 0 Å². The van der Waals surface area contributed by atoms with E-state index in [0.717, 1.165) is 0 Å². The topological polar surface area (TPSA) is 117 Å². The van der Waals surface area contributed by atoms with E-state index in [4.69, 9.17) is 16.2 Å². The Hall–Kier alpha value is -1.83. The summed E-state index contributed by atoms with van der Waals surface area (Å²) in [6.07, 6.45) is 0. The smallest absolute Gasteiger partial charge is 0.299 e. The predicted molar refractivity (Wildman–Crippen MR) is 62.8 cm³/mol. The molecule has 0 aromatic heterocycles. The minimum Gasteiger partial charge on any atom is -0.496 e. The van der Waals surface area contributed by atoms with Crippen LogP contribution in [-0.2, 0) is 0 Å². The van der Waals surface area contributed by atoms with E-state index >= 15 is 0 Å². The number of nitro groups is 1. The lowest BCUT2D eigenvalue weighted by Crippen LogP contribution is -2.22. The molecule has 7 nitrogen and oxygen atoms in total. The van der Waals surface area contributed by atoms with E-state index in [0.29, 0.717) is 10.2 Å². The van der Waals surface area contributed by atoms with Crippen LogP contribution in [0.5, 0.6) is 5.75 Å². The highest BCUT2D eigenvalue weighted by atomic mass is 79.9. The summed E-state index contributed by atoms with van der Waals surface area (Å²) in [5, 5.41) is 10.8. The van der Waals surface area contributed by atoms with Crippen LogP contribution < -0.4 is 16.2 Å². The molecular formula is C8H9BrN4O3. The Labute approximate surface area is 99.4 Å². The Morgan fingerprint density at radius 1 is 1.56 bits per heavy atom. The first-order valence-electron chi connectivity index (χ1n) is 4.07. The van der Waals surface area contributed by atoms with Crippen LogP contribution in [0.2, 0.25) is 0 Å². The quantitative estimate of drug-likeness (QED) is 0.376. The van der Waals surface area contributed by atoms with Gasteiger partial charge in [0.2, 0.25) is 0 Å². The first-order chi connectivity index (χ1) is 7.45. The van der Waals surface area contributed by atoms with Gasteiger partial charge in [0.15, 0.2) is 11.6 Å². The van der Waals surface area contributed by atoms with Crippen LogP contribution in [0, 0.1) is 10.1 Å². The number of guanidine groups is 1. The van der Waals surface area contributed by atoms with Crippen molar-refractivity contribution >= 4 is 33.3 Å². The Balaban J connectivity index is 3.46. The lowest BCUT2D eigenvalue weighted by molar-refractivity contribution is -0.384. The Bertz CT molecular complexity index is 457. The number of rotatable bonds is 3. The predicted octanol–water partition coefficient (Wildman–Crippen LogP) is 1.27. The molecule has 0 saturated heterocycles. The number of hydrogen-bond acceptors (Lipinski definition) is 4. The lowest BCUT2D eigenvalue weighted by Gasteiger charge is -2.04. The fourth-order valence-corrected chi connectivity index (χ4v) is 1.57. The third-order valence-electron chi connectivity index (χ3n) is 1.69. The summed E-state index contributed by atoms with van der Waals surface area (Å²) in [6.45, 7) is 0. The van der Waals surface area contributed by atoms with Gasteiger partial charge in [-0.25, -0.2) is 4.99 Å². The van der Waals surface area contributed by atoms with Crippen molar-refractivity contribution in [2.75, 3.05) is 7.11 Å². The average Bonchev–Trinajstić information content (AvgIpc) is 2.19. The fourth-order valence-electron chi connectivity index (χ4n) is 1.06. The molecule has 0 unspecified atom stereocenters. The zero-order valence-corrected chi connectivity index (χ0v) is 9.89. The molecule has 86 valence electrons. The molecule has 0 amide bonds. The van der Waals surface area contributed by atoms with E-state index in [1.165, 1.54) is 19.2 Å². The summed E-state index contributed by atoms with van der Waals surface area (Å²) >= 11 is 3.13. The summed E-state index contributed by atoms with van der Waals surface area (Å²) < 4.78 is 5.28. The molecular weight excluding hydrogens is 280 g/mol. The van der Waals surface area contributed by atoms with Crippen LogP contribution in [0.15, 0.2) is 21.6 Å². The van der Waals surface area contributed by atoms with Crippen molar-refractivity contribution in [1.82, 2.24) is 0 Å². The molecule has 0 bridgehead atoms. The standard InChI is InChI=1S/C8H9BrN4O3/c1-16-4-2-5(9)7(12-8(10)11)6(3-4)13(14)15/h2-3H,1H3,(H4,10,11,12). The van der Waals surface area contributed by atoms with Gasteiger partial charge >= 0.3 is 0 Å². The highest BCUT2D eigenvalue weighted by Crippen LogP contribution is 2.38. The molecule has 1 aromatic carbocycles. The van der Waals surface area contributed by atoms with Crippen LogP contribution in [0.3, 0.4) is 0 Å². The molecule has 0 heterocycles. The molecule has 1 rings (SSSR count). The van der Waals surface area contributed by atoms with Crippen molar-refractivity contribution in [3.8, 4) is 5.75 Å². The molecule has 0 fully saturated rings. The number of nitro benzene ring substituents is 1. The van der Waals surface area contributed by atoms with E-state index in [2.05, 4.69) is 20.9 Å². The third kappa shape index (κ3) is 2.60. The van der Waals surface area contributed by atoms with E-state index in [-0.39, 0.29) is 17.3 Å². The molecule has 4 N–H and O–H groups in total. The maximum Gasteiger partial charge on any atom is 0.299 e. The first kappa shape index (κ1) is 12.2. The molecule has 0 aliphatic heterocycles. The highest BCUT2D eigenvalue weighted by Gasteiger charge is 2.19. The second kappa shape index (κ2) is 4.79. The number of benzene rings is 1. The van der Waals surface area contributed by atoms with Gasteiger partial charge in [-0.15, -0.1) is 0 Å². The van der Waals surface area contributed by atoms with Crippen LogP contribution in [0.25, 0.3) is 0 Å². The molecule has 0 radical (unpaired) electrons. The highest BCUT2D eigenvalue weighted by molar-refractivity contribution is 9.10. The minimum atomic E-state index is -0.588. The molecule has 0 saturated carbocycles. The van der Waals surface area contributed by atoms with Gasteiger partial charge in [-0.1, -0.05) is 0 Å². The van der Waals surface area contributed by atoms with Crippen LogP contribution >= 0.6 is 15.9 Å². The molecule has 0 aliphatic carbocycles. The molecule has 16 heavy (non-hydrogen) atoms. The molecule has 0 spiro atoms. The summed E-state index contributed by atoms with van der Waals surface area (Å²) in [6, 6.07) is 2.78. The van der Waals surface area contributed by atoms with E-state index < -0.39 is 4.92 Å². The summed E-state index contributed by atoms with van der Waals surface area (Å²) in [5.74, 6) is 0.0853. The number of nitrogens with two attached hydrogens (primary N) is 2. The summed E-state index contributed by atoms with van der Waals surface area (Å²) in [4.78, 5) is 13.9. The molecule has 0 aliphatic rings. The van der Waals surface area contributed by atoms with Gasteiger partial charge in [0, 0.05) is 0 Å². The maximum absolute atomic E-state index is 10.8. The SMILES string of the molecule is COc1cc(Br)c(N=C(N)N)c([N+](=O)[O-])c1. The second-order valence-corrected chi connectivity index (χ2v) is 3.63. The van der Waals surface area contributed by atoms with E-state index in [1.54, 1.807) is 0 Å². The van der Waals surface area contributed by atoms with Crippen molar-refractivity contribution < 1.29 is 9.66 Å². The Morgan fingerprint density at radius 2 is 2.19 bits per heavy atom. The van der Waals surface area contributed by atoms with E-state index in [9.17, 15) is 10.1 Å². The zero-order chi connectivity index (χ0) is 12.3. The van der Waals surface area contributed by atoms with Crippen molar-refractivity contribution in [2.24, 2.45) is 16.5 Å². The van der Waals surface area contributed by atoms with Gasteiger partial charge in [-0.2, -0.15) is 0 Å². The van der Waals surface area contributed by atoms with Gasteiger partial charge in [0.1, 0.15) is 5.75 Å². The van der Waals surface area contributed by atoms with Gasteiger partial charge in [-0.3, -0.25) is 10.1 Å². The van der Waals surface area contributed by atoms with Crippen LogP contribution in [0.1, 0.15) is 0 Å². The van der Waals surface area contributed by atoms with Gasteiger partial charge in [-0.05, 0) is 22.0 Å². The normalized spacial score (nSPS) is 9.62. The molecule has 8 heteroatoms. The first-order valence-corrected chi connectivity index (χ1v) is 4.86. The number of halogens is 1. The van der Waals surface area contributed by atoms with Crippen molar-refractivity contribution in [3.63, 3.8) is 0 Å². The van der Waals surface area contributed by atoms with Gasteiger partial charge in [0.05, 0.1) is 22.6 Å². The fraction of sp³-hybridized carbons (Fsp3) is 0.125. The van der Waals surface area contributed by atoms with Crippen molar-refractivity contribution in [1.29, 1.82) is 0 Å². The number of aliphatic imine (C=N–C) groups is 1. The van der Waals surface area contributed by atoms with Gasteiger partial charge < -0.3 is 16.2 Å². The molecule has 0 atom stereocenters. The average molecular weight is 289 g/mol. The van der Waals surface area contributed by atoms with Gasteiger partial charge in [0.25, 0.3) is 5.69 Å². The molecule has 1 aromatic rings. The monoisotopic (exact) mass is 288 g/mol. The van der Waals surface area contributed by atoms with Crippen LogP contribution in [0.4, 0.5) is 11.4 Å². The Kier molecular flexibility index (Phi) is 3.67. The third-order valence-corrected chi connectivity index (χ3v) is 2.29.